The highest BCUT2D eigenvalue weighted by Crippen LogP contribution is 2.25. The predicted octanol–water partition coefficient (Wildman–Crippen LogP) is 2.19. The maximum absolute atomic E-state index is 4.57. The van der Waals surface area contributed by atoms with Crippen LogP contribution in [0.4, 0.5) is 0 Å². The van der Waals surface area contributed by atoms with Crippen LogP contribution in [-0.2, 0) is 0 Å². The molecule has 1 aromatic carbocycles. The fourth-order valence-electron chi connectivity index (χ4n) is 4.49. The standard InChI is InChI=1S/C22H38N6.HI/c1-5-21(19-9-7-6-8-10-19)27-13-15-28(16-14-27)22(23-2)24-17-20-18-25(3)11-12-26(20)4;/h6-10,20-21H,5,11-18H2,1-4H3,(H,23,24);1H. The Labute approximate surface area is 194 Å². The number of nitrogens with one attached hydrogen (secondary N) is 1. The third-order valence-electron chi connectivity index (χ3n) is 6.31. The summed E-state index contributed by atoms with van der Waals surface area (Å²) in [6.45, 7) is 10.9. The van der Waals surface area contributed by atoms with Gasteiger partial charge in [0.25, 0.3) is 0 Å². The number of hydrogen-bond donors (Lipinski definition) is 1. The molecule has 1 N–H and O–H groups in total. The van der Waals surface area contributed by atoms with Crippen molar-refractivity contribution in [2.45, 2.75) is 25.4 Å². The summed E-state index contributed by atoms with van der Waals surface area (Å²) in [6.07, 6.45) is 1.15. The van der Waals surface area contributed by atoms with Crippen LogP contribution in [-0.4, -0.2) is 105 Å². The normalized spacial score (nSPS) is 23.5. The van der Waals surface area contributed by atoms with Crippen molar-refractivity contribution < 1.29 is 0 Å². The Morgan fingerprint density at radius 3 is 2.38 bits per heavy atom. The van der Waals surface area contributed by atoms with Gasteiger partial charge in [-0.25, -0.2) is 0 Å². The van der Waals surface area contributed by atoms with Gasteiger partial charge < -0.3 is 15.1 Å². The third-order valence-corrected chi connectivity index (χ3v) is 6.31. The van der Waals surface area contributed by atoms with Crippen LogP contribution >= 0.6 is 24.0 Å². The molecular formula is C22H39IN6. The van der Waals surface area contributed by atoms with Gasteiger partial charge >= 0.3 is 0 Å². The summed E-state index contributed by atoms with van der Waals surface area (Å²) >= 11 is 0. The van der Waals surface area contributed by atoms with Crippen molar-refractivity contribution >= 4 is 29.9 Å². The summed E-state index contributed by atoms with van der Waals surface area (Å²) in [5.74, 6) is 1.05. The van der Waals surface area contributed by atoms with Gasteiger partial charge in [-0.1, -0.05) is 37.3 Å². The van der Waals surface area contributed by atoms with Gasteiger partial charge in [0.15, 0.2) is 5.96 Å². The lowest BCUT2D eigenvalue weighted by atomic mass is 10.0. The van der Waals surface area contributed by atoms with E-state index >= 15 is 0 Å². The van der Waals surface area contributed by atoms with Crippen molar-refractivity contribution in [2.75, 3.05) is 73.5 Å². The van der Waals surface area contributed by atoms with Gasteiger partial charge in [0, 0.05) is 71.5 Å². The number of likely N-dealkylation sites (N-methyl/N-ethyl adjacent to an activating group) is 2. The minimum absolute atomic E-state index is 0. The molecule has 2 fully saturated rings. The van der Waals surface area contributed by atoms with E-state index in [1.807, 2.05) is 7.05 Å². The van der Waals surface area contributed by atoms with E-state index in [2.05, 4.69) is 81.3 Å². The minimum atomic E-state index is 0. The fourth-order valence-corrected chi connectivity index (χ4v) is 4.49. The van der Waals surface area contributed by atoms with Crippen LogP contribution in [0.25, 0.3) is 0 Å². The van der Waals surface area contributed by atoms with Gasteiger partial charge in [-0.3, -0.25) is 14.8 Å². The summed E-state index contributed by atoms with van der Waals surface area (Å²) in [6, 6.07) is 12.0. The average molecular weight is 515 g/mol. The molecular weight excluding hydrogens is 475 g/mol. The molecule has 2 heterocycles. The number of guanidine groups is 1. The third kappa shape index (κ3) is 6.54. The van der Waals surface area contributed by atoms with Gasteiger partial charge in [-0.05, 0) is 26.1 Å². The van der Waals surface area contributed by atoms with E-state index in [-0.39, 0.29) is 24.0 Å². The summed E-state index contributed by atoms with van der Waals surface area (Å²) in [5.41, 5.74) is 1.44. The van der Waals surface area contributed by atoms with Gasteiger partial charge in [0.1, 0.15) is 0 Å². The summed E-state index contributed by atoms with van der Waals surface area (Å²) in [4.78, 5) is 14.5. The lowest BCUT2D eigenvalue weighted by Gasteiger charge is -2.41. The Balaban J connectivity index is 0.00000300. The number of rotatable bonds is 5. The van der Waals surface area contributed by atoms with E-state index in [0.29, 0.717) is 12.1 Å². The first-order valence-corrected chi connectivity index (χ1v) is 10.8. The maximum atomic E-state index is 4.57. The van der Waals surface area contributed by atoms with E-state index < -0.39 is 0 Å². The van der Waals surface area contributed by atoms with Crippen molar-refractivity contribution in [1.29, 1.82) is 0 Å². The molecule has 6 nitrogen and oxygen atoms in total. The molecule has 1 aromatic rings. The molecule has 2 unspecified atom stereocenters. The largest absolute Gasteiger partial charge is 0.355 e. The first kappa shape index (κ1) is 24.4. The Morgan fingerprint density at radius 2 is 1.76 bits per heavy atom. The van der Waals surface area contributed by atoms with Crippen LogP contribution in [0, 0.1) is 0 Å². The smallest absolute Gasteiger partial charge is 0.193 e. The Bertz CT molecular complexity index is 617. The zero-order chi connectivity index (χ0) is 19.9. The molecule has 0 aromatic heterocycles. The van der Waals surface area contributed by atoms with Gasteiger partial charge in [0.2, 0.25) is 0 Å². The van der Waals surface area contributed by atoms with E-state index in [4.69, 9.17) is 0 Å². The number of piperazine rings is 2. The summed E-state index contributed by atoms with van der Waals surface area (Å²) in [5, 5.41) is 3.64. The van der Waals surface area contributed by atoms with Crippen LogP contribution in [0.2, 0.25) is 0 Å². The van der Waals surface area contributed by atoms with Crippen molar-refractivity contribution in [3.05, 3.63) is 35.9 Å². The topological polar surface area (TPSA) is 37.4 Å². The van der Waals surface area contributed by atoms with Crippen LogP contribution in [0.1, 0.15) is 24.9 Å². The van der Waals surface area contributed by atoms with E-state index in [0.717, 1.165) is 64.7 Å². The molecule has 0 bridgehead atoms. The summed E-state index contributed by atoms with van der Waals surface area (Å²) in [7, 11) is 6.35. The molecule has 0 saturated carbocycles. The molecule has 3 rings (SSSR count). The van der Waals surface area contributed by atoms with E-state index in [1.54, 1.807) is 0 Å². The maximum Gasteiger partial charge on any atom is 0.193 e. The molecule has 0 amide bonds. The second-order valence-electron chi connectivity index (χ2n) is 8.18. The molecule has 0 radical (unpaired) electrons. The lowest BCUT2D eigenvalue weighted by Crippen LogP contribution is -2.57. The highest BCUT2D eigenvalue weighted by Gasteiger charge is 2.26. The second-order valence-corrected chi connectivity index (χ2v) is 8.18. The molecule has 2 saturated heterocycles. The zero-order valence-corrected chi connectivity index (χ0v) is 20.9. The highest BCUT2D eigenvalue weighted by atomic mass is 127. The molecule has 164 valence electrons. The van der Waals surface area contributed by atoms with E-state index in [9.17, 15) is 0 Å². The Hall–Kier alpha value is -0.900. The molecule has 0 aliphatic carbocycles. The van der Waals surface area contributed by atoms with Crippen molar-refractivity contribution in [3.63, 3.8) is 0 Å². The molecule has 7 heteroatoms. The zero-order valence-electron chi connectivity index (χ0n) is 18.5. The van der Waals surface area contributed by atoms with Gasteiger partial charge in [-0.2, -0.15) is 0 Å². The van der Waals surface area contributed by atoms with Crippen LogP contribution in [0.3, 0.4) is 0 Å². The first-order valence-electron chi connectivity index (χ1n) is 10.8. The molecule has 2 aliphatic rings. The Morgan fingerprint density at radius 1 is 1.07 bits per heavy atom. The average Bonchev–Trinajstić information content (AvgIpc) is 2.73. The number of halogens is 1. The van der Waals surface area contributed by atoms with Crippen molar-refractivity contribution in [2.24, 2.45) is 4.99 Å². The summed E-state index contributed by atoms with van der Waals surface area (Å²) < 4.78 is 0. The molecule has 2 aliphatic heterocycles. The van der Waals surface area contributed by atoms with Crippen molar-refractivity contribution in [3.8, 4) is 0 Å². The van der Waals surface area contributed by atoms with Crippen LogP contribution in [0.15, 0.2) is 35.3 Å². The van der Waals surface area contributed by atoms with E-state index in [1.165, 1.54) is 5.56 Å². The number of hydrogen-bond acceptors (Lipinski definition) is 4. The number of benzene rings is 1. The number of aliphatic imine (C=N–C) groups is 1. The quantitative estimate of drug-likeness (QED) is 0.371. The fraction of sp³-hybridized carbons (Fsp3) is 0.682. The lowest BCUT2D eigenvalue weighted by molar-refractivity contribution is 0.112. The van der Waals surface area contributed by atoms with Gasteiger partial charge in [0.05, 0.1) is 0 Å². The Kier molecular flexibility index (Phi) is 10.1. The van der Waals surface area contributed by atoms with Crippen molar-refractivity contribution in [1.82, 2.24) is 24.9 Å². The highest BCUT2D eigenvalue weighted by molar-refractivity contribution is 14.0. The SMILES string of the molecule is CCC(c1ccccc1)N1CCN(C(=NC)NCC2CN(C)CCN2C)CC1.I. The first-order chi connectivity index (χ1) is 13.6. The van der Waals surface area contributed by atoms with Gasteiger partial charge in [-0.15, -0.1) is 24.0 Å². The monoisotopic (exact) mass is 514 g/mol. The molecule has 29 heavy (non-hydrogen) atoms. The minimum Gasteiger partial charge on any atom is -0.355 e. The predicted molar refractivity (Wildman–Crippen MR) is 133 cm³/mol. The molecule has 2 atom stereocenters. The van der Waals surface area contributed by atoms with Crippen LogP contribution < -0.4 is 5.32 Å². The number of nitrogens with zero attached hydrogens (tertiary/aromatic N) is 5. The second kappa shape index (κ2) is 12.1. The molecule has 0 spiro atoms. The van der Waals surface area contributed by atoms with Crippen LogP contribution in [0.5, 0.6) is 0 Å².